The van der Waals surface area contributed by atoms with Gasteiger partial charge in [-0.25, -0.2) is 0 Å². The van der Waals surface area contributed by atoms with Crippen LogP contribution in [0.25, 0.3) is 48.9 Å². The van der Waals surface area contributed by atoms with E-state index in [0.29, 0.717) is 10.9 Å². The number of aromatic nitrogens is 1. The van der Waals surface area contributed by atoms with Crippen molar-refractivity contribution in [3.05, 3.63) is 89.0 Å². The molecular formula is C28H11N5. The fraction of sp³-hybridized carbons (Fsp3) is 0. The molecule has 0 amide bonds. The van der Waals surface area contributed by atoms with Crippen LogP contribution >= 0.6 is 0 Å². The Bertz CT molecular complexity index is 2020. The number of pyridine rings is 1. The Morgan fingerprint density at radius 1 is 0.515 bits per heavy atom. The number of hydrogen-bond donors (Lipinski definition) is 0. The van der Waals surface area contributed by atoms with Gasteiger partial charge in [0.25, 0.3) is 0 Å². The van der Waals surface area contributed by atoms with Crippen molar-refractivity contribution >= 4 is 48.9 Å². The van der Waals surface area contributed by atoms with Crippen LogP contribution < -0.4 is 0 Å². The smallest absolute Gasteiger partial charge is 0.103 e. The molecule has 2 heterocycles. The van der Waals surface area contributed by atoms with Gasteiger partial charge in [-0.1, -0.05) is 54.6 Å². The zero-order chi connectivity index (χ0) is 22.7. The Morgan fingerprint density at radius 3 is 1.88 bits per heavy atom. The Hall–Kier alpha value is -5.36. The minimum absolute atomic E-state index is 0.0610. The van der Waals surface area contributed by atoms with Gasteiger partial charge in [-0.05, 0) is 22.9 Å². The lowest BCUT2D eigenvalue weighted by molar-refractivity contribution is 1.31. The van der Waals surface area contributed by atoms with Crippen molar-refractivity contribution in [3.63, 3.8) is 0 Å². The fourth-order valence-electron chi connectivity index (χ4n) is 5.00. The summed E-state index contributed by atoms with van der Waals surface area (Å²) in [5, 5.41) is 45.3. The molecule has 33 heavy (non-hydrogen) atoms. The summed E-state index contributed by atoms with van der Waals surface area (Å²) in [6, 6.07) is 30.1. The molecule has 4 aromatic carbocycles. The average molecular weight is 417 g/mol. The molecule has 5 heteroatoms. The molecule has 5 nitrogen and oxygen atoms in total. The predicted octanol–water partition coefficient (Wildman–Crippen LogP) is 6.04. The van der Waals surface area contributed by atoms with E-state index in [-0.39, 0.29) is 22.3 Å². The second kappa shape index (κ2) is 6.57. The third-order valence-corrected chi connectivity index (χ3v) is 6.31. The zero-order valence-corrected chi connectivity index (χ0v) is 17.1. The van der Waals surface area contributed by atoms with Crippen molar-refractivity contribution in [2.24, 2.45) is 0 Å². The molecule has 6 rings (SSSR count). The zero-order valence-electron chi connectivity index (χ0n) is 17.1. The quantitative estimate of drug-likeness (QED) is 0.281. The molecule has 0 saturated heterocycles. The van der Waals surface area contributed by atoms with Crippen LogP contribution in [0.5, 0.6) is 0 Å². The first-order valence-electron chi connectivity index (χ1n) is 10.2. The molecular weight excluding hydrogens is 406 g/mol. The topological polar surface area (TPSA) is 99.6 Å². The molecule has 6 aromatic rings. The van der Waals surface area contributed by atoms with E-state index in [4.69, 9.17) is 0 Å². The Morgan fingerprint density at radius 2 is 1.15 bits per heavy atom. The third-order valence-electron chi connectivity index (χ3n) is 6.31. The SMILES string of the molecule is N#Cc1c(C#N)c(C#N)c2c(c1C#N)c1c3ccccc3ccc1c1cc3ccccc3n12. The van der Waals surface area contributed by atoms with E-state index < -0.39 is 0 Å². The third kappa shape index (κ3) is 2.21. The van der Waals surface area contributed by atoms with Crippen molar-refractivity contribution in [1.29, 1.82) is 21.0 Å². The minimum atomic E-state index is -0.0669. The van der Waals surface area contributed by atoms with Crippen LogP contribution in [0, 0.1) is 45.3 Å². The van der Waals surface area contributed by atoms with Gasteiger partial charge in [0.15, 0.2) is 0 Å². The highest BCUT2D eigenvalue weighted by Crippen LogP contribution is 2.42. The number of fused-ring (bicyclic) bond motifs is 10. The average Bonchev–Trinajstić information content (AvgIpc) is 3.26. The molecule has 0 unspecified atom stereocenters. The van der Waals surface area contributed by atoms with Gasteiger partial charge in [0.2, 0.25) is 0 Å². The van der Waals surface area contributed by atoms with Gasteiger partial charge in [-0.3, -0.25) is 0 Å². The summed E-state index contributed by atoms with van der Waals surface area (Å²) in [7, 11) is 0. The molecule has 0 aliphatic heterocycles. The number of para-hydroxylation sites is 1. The van der Waals surface area contributed by atoms with Crippen molar-refractivity contribution in [1.82, 2.24) is 4.40 Å². The van der Waals surface area contributed by atoms with Crippen LogP contribution in [0.3, 0.4) is 0 Å². The second-order valence-electron chi connectivity index (χ2n) is 7.80. The maximum absolute atomic E-state index is 10.2. The molecule has 0 N–H and O–H groups in total. The van der Waals surface area contributed by atoms with Crippen LogP contribution in [-0.2, 0) is 0 Å². The Labute approximate surface area is 187 Å². The molecule has 0 bridgehead atoms. The van der Waals surface area contributed by atoms with Crippen LogP contribution in [0.2, 0.25) is 0 Å². The first kappa shape index (κ1) is 18.4. The summed E-state index contributed by atoms with van der Waals surface area (Å²) >= 11 is 0. The van der Waals surface area contributed by atoms with Gasteiger partial charge in [0.1, 0.15) is 24.3 Å². The van der Waals surface area contributed by atoms with Crippen molar-refractivity contribution in [2.75, 3.05) is 0 Å². The standard InChI is InChI=1S/C28H11N5/c29-12-20-21(13-30)23(15-32)28-27(22(20)14-31)26-18-7-3-1-5-16(18)9-10-19(26)25-11-17-6-2-4-8-24(17)33(25)28/h1-11H. The van der Waals surface area contributed by atoms with Gasteiger partial charge in [0.05, 0.1) is 38.8 Å². The van der Waals surface area contributed by atoms with E-state index in [9.17, 15) is 21.0 Å². The Kier molecular flexibility index (Phi) is 3.66. The lowest BCUT2D eigenvalue weighted by Gasteiger charge is -2.16. The summed E-state index contributed by atoms with van der Waals surface area (Å²) in [5.74, 6) is 0. The highest BCUT2D eigenvalue weighted by Gasteiger charge is 2.25. The van der Waals surface area contributed by atoms with Crippen molar-refractivity contribution in [2.45, 2.75) is 0 Å². The van der Waals surface area contributed by atoms with Crippen molar-refractivity contribution < 1.29 is 0 Å². The first-order valence-corrected chi connectivity index (χ1v) is 10.2. The summed E-state index contributed by atoms with van der Waals surface area (Å²) < 4.78 is 1.95. The number of hydrogen-bond acceptors (Lipinski definition) is 4. The van der Waals surface area contributed by atoms with Crippen LogP contribution in [-0.4, -0.2) is 4.40 Å². The number of nitriles is 4. The Balaban J connectivity index is 2.16. The van der Waals surface area contributed by atoms with Gasteiger partial charge in [-0.2, -0.15) is 21.0 Å². The lowest BCUT2D eigenvalue weighted by Crippen LogP contribution is -2.03. The van der Waals surface area contributed by atoms with Crippen LogP contribution in [0.4, 0.5) is 0 Å². The number of benzene rings is 4. The van der Waals surface area contributed by atoms with Gasteiger partial charge < -0.3 is 4.40 Å². The molecule has 2 aromatic heterocycles. The lowest BCUT2D eigenvalue weighted by atomic mass is 9.89. The van der Waals surface area contributed by atoms with E-state index in [1.807, 2.05) is 77.2 Å². The van der Waals surface area contributed by atoms with Gasteiger partial charge >= 0.3 is 0 Å². The van der Waals surface area contributed by atoms with Crippen LogP contribution in [0.15, 0.2) is 66.7 Å². The molecule has 0 fully saturated rings. The highest BCUT2D eigenvalue weighted by atomic mass is 14.9. The molecule has 0 saturated carbocycles. The summed E-state index contributed by atoms with van der Waals surface area (Å²) in [6.45, 7) is 0. The van der Waals surface area contributed by atoms with Gasteiger partial charge in [0, 0.05) is 21.5 Å². The molecule has 0 aliphatic rings. The molecule has 0 atom stereocenters. The monoisotopic (exact) mass is 417 g/mol. The number of rotatable bonds is 0. The molecule has 0 radical (unpaired) electrons. The maximum Gasteiger partial charge on any atom is 0.103 e. The van der Waals surface area contributed by atoms with Crippen molar-refractivity contribution in [3.8, 4) is 24.3 Å². The normalized spacial score (nSPS) is 10.9. The van der Waals surface area contributed by atoms with Crippen LogP contribution in [0.1, 0.15) is 22.3 Å². The molecule has 148 valence electrons. The molecule has 0 spiro atoms. The van der Waals surface area contributed by atoms with E-state index in [2.05, 4.69) is 18.2 Å². The summed E-state index contributed by atoms with van der Waals surface area (Å²) in [5.41, 5.74) is 2.30. The van der Waals surface area contributed by atoms with E-state index in [1.165, 1.54) is 0 Å². The van der Waals surface area contributed by atoms with E-state index in [1.54, 1.807) is 0 Å². The fourth-order valence-corrected chi connectivity index (χ4v) is 5.00. The second-order valence-corrected chi connectivity index (χ2v) is 7.80. The first-order chi connectivity index (χ1) is 16.2. The summed E-state index contributed by atoms with van der Waals surface area (Å²) in [4.78, 5) is 0. The summed E-state index contributed by atoms with van der Waals surface area (Å²) in [6.07, 6.45) is 0. The largest absolute Gasteiger partial charge is 0.307 e. The minimum Gasteiger partial charge on any atom is -0.307 e. The number of nitrogens with zero attached hydrogens (tertiary/aromatic N) is 5. The highest BCUT2D eigenvalue weighted by molar-refractivity contribution is 6.27. The predicted molar refractivity (Wildman–Crippen MR) is 126 cm³/mol. The van der Waals surface area contributed by atoms with E-state index in [0.717, 1.165) is 38.0 Å². The van der Waals surface area contributed by atoms with Gasteiger partial charge in [-0.15, -0.1) is 0 Å². The molecule has 0 aliphatic carbocycles. The van der Waals surface area contributed by atoms with E-state index >= 15 is 0 Å². The maximum atomic E-state index is 10.2.